The number of fused-ring (bicyclic) bond motifs is 5. The van der Waals surface area contributed by atoms with Gasteiger partial charge in [-0.3, -0.25) is 0 Å². The summed E-state index contributed by atoms with van der Waals surface area (Å²) in [6.07, 6.45) is 0. The summed E-state index contributed by atoms with van der Waals surface area (Å²) in [5.74, 6) is 0. The van der Waals surface area contributed by atoms with Gasteiger partial charge in [0.1, 0.15) is 11.0 Å². The van der Waals surface area contributed by atoms with Crippen LogP contribution < -0.4 is 0 Å². The van der Waals surface area contributed by atoms with Crippen molar-refractivity contribution in [3.05, 3.63) is 107 Å². The van der Waals surface area contributed by atoms with E-state index in [1.54, 1.807) is 0 Å². The fourth-order valence-electron chi connectivity index (χ4n) is 4.46. The zero-order chi connectivity index (χ0) is 18.0. The molecule has 4 heteroatoms. The Morgan fingerprint density at radius 3 is 1.77 bits per heavy atom. The molecular formula is C22H15Cl3O. The Bertz CT molecular complexity index is 973. The van der Waals surface area contributed by atoms with Crippen LogP contribution >= 0.6 is 34.8 Å². The Kier molecular flexibility index (Phi) is 3.52. The molecule has 2 aliphatic rings. The molecular weight excluding hydrogens is 387 g/mol. The summed E-state index contributed by atoms with van der Waals surface area (Å²) in [6, 6.07) is 27.9. The van der Waals surface area contributed by atoms with E-state index in [-0.39, 0.29) is 0 Å². The highest BCUT2D eigenvalue weighted by atomic mass is 35.5. The molecule has 0 amide bonds. The topological polar surface area (TPSA) is 9.23 Å². The van der Waals surface area contributed by atoms with Crippen molar-refractivity contribution >= 4 is 34.8 Å². The van der Waals surface area contributed by atoms with E-state index in [1.165, 1.54) is 0 Å². The maximum Gasteiger partial charge on any atom is 0.175 e. The third kappa shape index (κ3) is 1.78. The molecule has 2 aliphatic heterocycles. The molecule has 130 valence electrons. The third-order valence-electron chi connectivity index (χ3n) is 5.55. The Balaban J connectivity index is 1.89. The first-order valence-electron chi connectivity index (χ1n) is 8.48. The molecule has 0 unspecified atom stereocenters. The number of rotatable bonds is 2. The van der Waals surface area contributed by atoms with Crippen LogP contribution in [0.4, 0.5) is 0 Å². The van der Waals surface area contributed by atoms with Crippen LogP contribution in [0.5, 0.6) is 0 Å². The second-order valence-corrected chi connectivity index (χ2v) is 8.60. The lowest BCUT2D eigenvalue weighted by Gasteiger charge is -2.40. The van der Waals surface area contributed by atoms with E-state index < -0.39 is 20.9 Å². The smallest absolute Gasteiger partial charge is 0.175 e. The largest absolute Gasteiger partial charge is 0.345 e. The summed E-state index contributed by atoms with van der Waals surface area (Å²) < 4.78 is 5.49. The first-order chi connectivity index (χ1) is 12.5. The van der Waals surface area contributed by atoms with Crippen LogP contribution in [0.1, 0.15) is 22.3 Å². The van der Waals surface area contributed by atoms with Crippen molar-refractivity contribution in [2.75, 3.05) is 0 Å². The van der Waals surface area contributed by atoms with Gasteiger partial charge in [-0.2, -0.15) is 0 Å². The number of alkyl halides is 3. The molecule has 3 aromatic carbocycles. The molecule has 1 nitrogen and oxygen atoms in total. The standard InChI is InChI=1S/C22H15Cl3O/c23-19-20(15-9-3-1-4-10-15)17-13-7-8-14-18(17)21(26-20,22(19,24)25)16-11-5-2-6-12-16/h1-14,19H/t19-,20-,21-/m0/s1. The van der Waals surface area contributed by atoms with Gasteiger partial charge in [0.05, 0.1) is 0 Å². The van der Waals surface area contributed by atoms with Crippen molar-refractivity contribution in [3.8, 4) is 0 Å². The maximum absolute atomic E-state index is 6.98. The molecule has 0 N–H and O–H groups in total. The van der Waals surface area contributed by atoms with E-state index >= 15 is 0 Å². The quantitative estimate of drug-likeness (QED) is 0.479. The fraction of sp³-hybridized carbons (Fsp3) is 0.182. The lowest BCUT2D eigenvalue weighted by Crippen LogP contribution is -2.49. The fourth-order valence-corrected chi connectivity index (χ4v) is 5.71. The minimum absolute atomic E-state index is 0.657. The van der Waals surface area contributed by atoms with Gasteiger partial charge in [-0.1, -0.05) is 108 Å². The Hall–Kier alpha value is -1.51. The van der Waals surface area contributed by atoms with Gasteiger partial charge in [0.2, 0.25) is 0 Å². The zero-order valence-electron chi connectivity index (χ0n) is 13.7. The van der Waals surface area contributed by atoms with E-state index in [4.69, 9.17) is 39.5 Å². The van der Waals surface area contributed by atoms with Gasteiger partial charge in [-0.05, 0) is 22.3 Å². The molecule has 5 rings (SSSR count). The average molecular weight is 402 g/mol. The first kappa shape index (κ1) is 16.6. The van der Waals surface area contributed by atoms with Gasteiger partial charge in [0, 0.05) is 0 Å². The van der Waals surface area contributed by atoms with Crippen molar-refractivity contribution in [2.45, 2.75) is 20.9 Å². The van der Waals surface area contributed by atoms with Crippen LogP contribution in [0.2, 0.25) is 0 Å². The summed E-state index contributed by atoms with van der Waals surface area (Å²) in [7, 11) is 0. The van der Waals surface area contributed by atoms with Crippen LogP contribution in [0.3, 0.4) is 0 Å². The summed E-state index contributed by atoms with van der Waals surface area (Å²) in [6.45, 7) is 0. The first-order valence-corrected chi connectivity index (χ1v) is 9.67. The number of hydrogen-bond donors (Lipinski definition) is 0. The molecule has 2 heterocycles. The number of hydrogen-bond acceptors (Lipinski definition) is 1. The van der Waals surface area contributed by atoms with Crippen LogP contribution in [-0.4, -0.2) is 9.71 Å². The van der Waals surface area contributed by atoms with E-state index in [2.05, 4.69) is 6.07 Å². The van der Waals surface area contributed by atoms with Gasteiger partial charge in [-0.15, -0.1) is 11.6 Å². The monoisotopic (exact) mass is 400 g/mol. The lowest BCUT2D eigenvalue weighted by atomic mass is 9.71. The van der Waals surface area contributed by atoms with E-state index in [0.717, 1.165) is 22.3 Å². The van der Waals surface area contributed by atoms with E-state index in [0.29, 0.717) is 0 Å². The van der Waals surface area contributed by atoms with E-state index in [1.807, 2.05) is 78.9 Å². The molecule has 26 heavy (non-hydrogen) atoms. The van der Waals surface area contributed by atoms with Crippen molar-refractivity contribution in [1.82, 2.24) is 0 Å². The zero-order valence-corrected chi connectivity index (χ0v) is 16.0. The predicted molar refractivity (Wildman–Crippen MR) is 106 cm³/mol. The van der Waals surface area contributed by atoms with Crippen LogP contribution in [0.15, 0.2) is 84.9 Å². The average Bonchev–Trinajstić information content (AvgIpc) is 3.11. The van der Waals surface area contributed by atoms with Crippen molar-refractivity contribution in [2.24, 2.45) is 0 Å². The van der Waals surface area contributed by atoms with Gasteiger partial charge >= 0.3 is 0 Å². The maximum atomic E-state index is 6.98. The molecule has 0 radical (unpaired) electrons. The van der Waals surface area contributed by atoms with Crippen LogP contribution in [-0.2, 0) is 15.9 Å². The van der Waals surface area contributed by atoms with Crippen molar-refractivity contribution in [1.29, 1.82) is 0 Å². The highest BCUT2D eigenvalue weighted by molar-refractivity contribution is 6.54. The normalized spacial score (nSPS) is 31.0. The van der Waals surface area contributed by atoms with Gasteiger partial charge < -0.3 is 4.74 Å². The number of halogens is 3. The molecule has 0 aromatic heterocycles. The summed E-state index contributed by atoms with van der Waals surface area (Å²) in [5.41, 5.74) is 1.91. The second kappa shape index (κ2) is 5.50. The molecule has 2 bridgehead atoms. The Morgan fingerprint density at radius 1 is 0.654 bits per heavy atom. The Labute approximate surface area is 167 Å². The summed E-state index contributed by atoms with van der Waals surface area (Å²) in [4.78, 5) is 0. The highest BCUT2D eigenvalue weighted by Crippen LogP contribution is 2.72. The number of ether oxygens (including phenoxy) is 1. The number of benzene rings is 3. The SMILES string of the molecule is Cl[C@@H]1C(Cl)(Cl)[C@@]2(c3ccccc3)O[C@@]1(c1ccccc1)c1ccccc12. The van der Waals surface area contributed by atoms with E-state index in [9.17, 15) is 0 Å². The summed E-state index contributed by atoms with van der Waals surface area (Å²) >= 11 is 20.9. The predicted octanol–water partition coefficient (Wildman–Crippen LogP) is 6.00. The second-order valence-electron chi connectivity index (χ2n) is 6.78. The molecule has 0 saturated carbocycles. The molecule has 0 spiro atoms. The molecule has 1 fully saturated rings. The summed E-state index contributed by atoms with van der Waals surface area (Å²) in [5, 5.41) is -0.657. The van der Waals surface area contributed by atoms with Crippen molar-refractivity contribution in [3.63, 3.8) is 0 Å². The Morgan fingerprint density at radius 2 is 1.15 bits per heavy atom. The molecule has 1 saturated heterocycles. The molecule has 3 atom stereocenters. The van der Waals surface area contributed by atoms with Crippen LogP contribution in [0, 0.1) is 0 Å². The van der Waals surface area contributed by atoms with Gasteiger partial charge in [0.25, 0.3) is 0 Å². The third-order valence-corrected chi connectivity index (χ3v) is 7.37. The van der Waals surface area contributed by atoms with Gasteiger partial charge in [0.15, 0.2) is 9.93 Å². The van der Waals surface area contributed by atoms with Gasteiger partial charge in [-0.25, -0.2) is 0 Å². The highest BCUT2D eigenvalue weighted by Gasteiger charge is 2.77. The lowest BCUT2D eigenvalue weighted by molar-refractivity contribution is -0.0414. The van der Waals surface area contributed by atoms with Crippen LogP contribution in [0.25, 0.3) is 0 Å². The van der Waals surface area contributed by atoms with Crippen molar-refractivity contribution < 1.29 is 4.74 Å². The minimum Gasteiger partial charge on any atom is -0.345 e. The molecule has 3 aromatic rings. The minimum atomic E-state index is -1.33. The molecule has 0 aliphatic carbocycles.